The molecular weight excluding hydrogens is 474 g/mol. The number of aryl methyl sites for hydroxylation is 1. The van der Waals surface area contributed by atoms with Gasteiger partial charge in [-0.15, -0.1) is 11.3 Å². The average molecular weight is 501 g/mol. The number of thiophene rings is 1. The van der Waals surface area contributed by atoms with Crippen LogP contribution in [0.1, 0.15) is 33.6 Å². The molecule has 0 spiro atoms. The fourth-order valence-corrected chi connectivity index (χ4v) is 5.01. The number of likely N-dealkylation sites (tertiary alicyclic amines) is 1. The van der Waals surface area contributed by atoms with Crippen LogP contribution in [0.5, 0.6) is 5.75 Å². The number of benzene rings is 1. The van der Waals surface area contributed by atoms with Crippen molar-refractivity contribution in [1.82, 2.24) is 20.2 Å². The van der Waals surface area contributed by atoms with Gasteiger partial charge in [-0.2, -0.15) is 5.26 Å². The third-order valence-electron chi connectivity index (χ3n) is 5.94. The largest absolute Gasteiger partial charge is 0.488 e. The summed E-state index contributed by atoms with van der Waals surface area (Å²) in [5, 5.41) is 16.2. The molecule has 2 N–H and O–H groups in total. The van der Waals surface area contributed by atoms with Gasteiger partial charge in [-0.25, -0.2) is 18.7 Å². The summed E-state index contributed by atoms with van der Waals surface area (Å²) in [5.74, 6) is 0.507. The number of fused-ring (bicyclic) bond motifs is 1. The summed E-state index contributed by atoms with van der Waals surface area (Å²) in [4.78, 5) is 25.2. The highest BCUT2D eigenvalue weighted by molar-refractivity contribution is 7.20. The molecule has 4 rings (SSSR count). The molecule has 2 aromatic heterocycles. The minimum atomic E-state index is -1.77. The van der Waals surface area contributed by atoms with E-state index in [0.29, 0.717) is 32.2 Å². The zero-order valence-corrected chi connectivity index (χ0v) is 20.3. The van der Waals surface area contributed by atoms with Crippen molar-refractivity contribution in [3.05, 3.63) is 40.5 Å². The van der Waals surface area contributed by atoms with Gasteiger partial charge in [0.1, 0.15) is 36.0 Å². The van der Waals surface area contributed by atoms with E-state index in [-0.39, 0.29) is 17.7 Å². The summed E-state index contributed by atoms with van der Waals surface area (Å²) in [6, 6.07) is 6.78. The van der Waals surface area contributed by atoms with Crippen LogP contribution in [0.4, 0.5) is 20.3 Å². The lowest BCUT2D eigenvalue weighted by Gasteiger charge is -2.29. The van der Waals surface area contributed by atoms with Crippen molar-refractivity contribution >= 4 is 39.0 Å². The summed E-state index contributed by atoms with van der Waals surface area (Å²) in [6.45, 7) is 2.09. The van der Waals surface area contributed by atoms with Gasteiger partial charge < -0.3 is 20.3 Å². The summed E-state index contributed by atoms with van der Waals surface area (Å²) >= 11 is 1.29. The van der Waals surface area contributed by atoms with E-state index in [0.717, 1.165) is 31.5 Å². The van der Waals surface area contributed by atoms with Gasteiger partial charge in [-0.3, -0.25) is 4.79 Å². The summed E-state index contributed by atoms with van der Waals surface area (Å²) < 4.78 is 31.4. The monoisotopic (exact) mass is 500 g/mol. The van der Waals surface area contributed by atoms with Crippen LogP contribution in [0.15, 0.2) is 24.5 Å². The number of nitrogens with one attached hydrogen (secondary N) is 2. The fraction of sp³-hybridized carbons (Fsp3) is 0.417. The second-order valence-corrected chi connectivity index (χ2v) is 9.52. The molecule has 11 heteroatoms. The maximum atomic E-state index is 13.4. The van der Waals surface area contributed by atoms with Crippen LogP contribution in [0.2, 0.25) is 0 Å². The minimum Gasteiger partial charge on any atom is -0.488 e. The zero-order valence-electron chi connectivity index (χ0n) is 19.5. The minimum absolute atomic E-state index is 0.131. The van der Waals surface area contributed by atoms with Gasteiger partial charge in [-0.05, 0) is 57.6 Å². The lowest BCUT2D eigenvalue weighted by Crippen LogP contribution is -2.43. The SMILES string of the molecule is Cc1c(C(=O)NC2CCN(C)CC2)sc2ncnc(Nc3ccc(C#N)cc3OCC(F)CF)c12. The quantitative estimate of drug-likeness (QED) is 0.479. The van der Waals surface area contributed by atoms with E-state index in [9.17, 15) is 18.8 Å². The standard InChI is InChI=1S/C24H26F2N6O2S/c1-14-20-22(31-18-4-3-15(11-27)9-19(18)34-12-16(26)10-25)28-13-29-24(20)35-21(14)23(33)30-17-5-7-32(2)8-6-17/h3-4,9,13,16-17H,5-8,10,12H2,1-2H3,(H,30,33)(H,28,29,31). The second kappa shape index (κ2) is 10.9. The number of aromatic nitrogens is 2. The lowest BCUT2D eigenvalue weighted by molar-refractivity contribution is 0.0920. The number of ether oxygens (including phenoxy) is 1. The normalized spacial score (nSPS) is 15.5. The van der Waals surface area contributed by atoms with Crippen molar-refractivity contribution in [3.8, 4) is 11.8 Å². The third-order valence-corrected chi connectivity index (χ3v) is 7.14. The number of nitriles is 1. The number of carbonyl (C=O) groups is 1. The molecule has 1 aromatic carbocycles. The summed E-state index contributed by atoms with van der Waals surface area (Å²) in [6.07, 6.45) is 1.43. The van der Waals surface area contributed by atoms with E-state index in [4.69, 9.17) is 4.74 Å². The molecule has 1 amide bonds. The van der Waals surface area contributed by atoms with Crippen molar-refractivity contribution in [1.29, 1.82) is 5.26 Å². The smallest absolute Gasteiger partial charge is 0.261 e. The number of anilines is 2. The molecule has 1 saturated heterocycles. The number of amides is 1. The summed E-state index contributed by atoms with van der Waals surface area (Å²) in [7, 11) is 2.07. The third kappa shape index (κ3) is 5.66. The van der Waals surface area contributed by atoms with Crippen molar-refractivity contribution < 1.29 is 18.3 Å². The van der Waals surface area contributed by atoms with Gasteiger partial charge >= 0.3 is 0 Å². The molecule has 0 aliphatic carbocycles. The van der Waals surface area contributed by atoms with Crippen LogP contribution in [0.3, 0.4) is 0 Å². The van der Waals surface area contributed by atoms with Crippen molar-refractivity contribution in [2.45, 2.75) is 32.0 Å². The van der Waals surface area contributed by atoms with Crippen molar-refractivity contribution in [2.75, 3.05) is 38.7 Å². The van der Waals surface area contributed by atoms with E-state index >= 15 is 0 Å². The average Bonchev–Trinajstić information content (AvgIpc) is 3.22. The Morgan fingerprint density at radius 1 is 1.37 bits per heavy atom. The molecule has 184 valence electrons. The molecule has 1 aliphatic heterocycles. The number of halogens is 2. The number of alkyl halides is 2. The van der Waals surface area contributed by atoms with Crippen LogP contribution in [-0.4, -0.2) is 66.4 Å². The fourth-order valence-electron chi connectivity index (χ4n) is 3.95. The molecule has 35 heavy (non-hydrogen) atoms. The van der Waals surface area contributed by atoms with Crippen molar-refractivity contribution in [2.24, 2.45) is 0 Å². The van der Waals surface area contributed by atoms with Gasteiger partial charge in [0.05, 0.1) is 27.6 Å². The van der Waals surface area contributed by atoms with Crippen LogP contribution >= 0.6 is 11.3 Å². The predicted molar refractivity (Wildman–Crippen MR) is 131 cm³/mol. The van der Waals surface area contributed by atoms with E-state index in [2.05, 4.69) is 32.5 Å². The molecule has 0 saturated carbocycles. The second-order valence-electron chi connectivity index (χ2n) is 8.52. The number of nitrogens with zero attached hydrogens (tertiary/aromatic N) is 4. The van der Waals surface area contributed by atoms with Gasteiger partial charge in [0.2, 0.25) is 0 Å². The number of hydrogen-bond acceptors (Lipinski definition) is 8. The first kappa shape index (κ1) is 24.8. The molecule has 1 aliphatic rings. The molecule has 0 bridgehead atoms. The Morgan fingerprint density at radius 2 is 2.14 bits per heavy atom. The molecular formula is C24H26F2N6O2S. The Morgan fingerprint density at radius 3 is 2.86 bits per heavy atom. The molecule has 3 heterocycles. The van der Waals surface area contributed by atoms with E-state index < -0.39 is 19.5 Å². The number of carbonyl (C=O) groups excluding carboxylic acids is 1. The Kier molecular flexibility index (Phi) is 7.73. The van der Waals surface area contributed by atoms with Gasteiger partial charge in [-0.1, -0.05) is 0 Å². The highest BCUT2D eigenvalue weighted by atomic mass is 32.1. The highest BCUT2D eigenvalue weighted by Crippen LogP contribution is 2.36. The Bertz CT molecular complexity index is 1250. The first-order chi connectivity index (χ1) is 16.9. The topological polar surface area (TPSA) is 103 Å². The van der Waals surface area contributed by atoms with Gasteiger partial charge in [0.15, 0.2) is 6.17 Å². The van der Waals surface area contributed by atoms with Gasteiger partial charge in [0.25, 0.3) is 5.91 Å². The van der Waals surface area contributed by atoms with E-state index in [1.165, 1.54) is 23.7 Å². The lowest BCUT2D eigenvalue weighted by atomic mass is 10.1. The van der Waals surface area contributed by atoms with E-state index in [1.54, 1.807) is 12.1 Å². The first-order valence-electron chi connectivity index (χ1n) is 11.3. The zero-order chi connectivity index (χ0) is 24.9. The molecule has 8 nitrogen and oxygen atoms in total. The predicted octanol–water partition coefficient (Wildman–Crippen LogP) is 4.13. The van der Waals surface area contributed by atoms with Crippen LogP contribution in [0, 0.1) is 18.3 Å². The van der Waals surface area contributed by atoms with Crippen LogP contribution < -0.4 is 15.4 Å². The Labute approximate surface area is 205 Å². The number of hydrogen-bond donors (Lipinski definition) is 2. The first-order valence-corrected chi connectivity index (χ1v) is 12.1. The Balaban J connectivity index is 1.61. The molecule has 1 fully saturated rings. The molecule has 1 unspecified atom stereocenters. The summed E-state index contributed by atoms with van der Waals surface area (Å²) in [5.41, 5.74) is 1.49. The molecule has 0 radical (unpaired) electrons. The Hall–Kier alpha value is -3.36. The number of piperidine rings is 1. The van der Waals surface area contributed by atoms with Crippen LogP contribution in [-0.2, 0) is 0 Å². The number of rotatable bonds is 8. The van der Waals surface area contributed by atoms with Crippen LogP contribution in [0.25, 0.3) is 10.2 Å². The van der Waals surface area contributed by atoms with Gasteiger partial charge in [0, 0.05) is 12.1 Å². The maximum Gasteiger partial charge on any atom is 0.261 e. The highest BCUT2D eigenvalue weighted by Gasteiger charge is 2.24. The van der Waals surface area contributed by atoms with E-state index in [1.807, 2.05) is 13.0 Å². The maximum absolute atomic E-state index is 13.4. The molecule has 1 atom stereocenters. The molecule has 3 aromatic rings. The van der Waals surface area contributed by atoms with Crippen molar-refractivity contribution in [3.63, 3.8) is 0 Å².